The van der Waals surface area contributed by atoms with Gasteiger partial charge in [0.05, 0.1) is 0 Å². The molecule has 0 atom stereocenters. The lowest BCUT2D eigenvalue weighted by atomic mass is 10.1. The molecule has 0 spiro atoms. The first-order chi connectivity index (χ1) is 10.5. The van der Waals surface area contributed by atoms with Crippen LogP contribution in [0.2, 0.25) is 0 Å². The number of aromatic nitrogens is 2. The minimum Gasteiger partial charge on any atom is -0.347 e. The van der Waals surface area contributed by atoms with E-state index < -0.39 is 0 Å². The summed E-state index contributed by atoms with van der Waals surface area (Å²) in [6.07, 6.45) is 3.00. The largest absolute Gasteiger partial charge is 0.347 e. The van der Waals surface area contributed by atoms with Crippen molar-refractivity contribution in [1.82, 2.24) is 15.3 Å². The van der Waals surface area contributed by atoms with Gasteiger partial charge in [-0.15, -0.1) is 6.58 Å². The molecule has 2 aromatic rings. The van der Waals surface area contributed by atoms with Gasteiger partial charge in [-0.3, -0.25) is 4.79 Å². The van der Waals surface area contributed by atoms with Crippen molar-refractivity contribution in [2.45, 2.75) is 20.8 Å². The molecule has 0 aliphatic carbocycles. The summed E-state index contributed by atoms with van der Waals surface area (Å²) in [5.41, 5.74) is 4.80. The predicted octanol–water partition coefficient (Wildman–Crippen LogP) is 3.06. The van der Waals surface area contributed by atoms with Crippen molar-refractivity contribution in [2.24, 2.45) is 0 Å². The summed E-state index contributed by atoms with van der Waals surface area (Å²) in [6.45, 7) is 10.1. The first-order valence-electron chi connectivity index (χ1n) is 7.07. The van der Waals surface area contributed by atoms with Crippen LogP contribution < -0.4 is 10.6 Å². The van der Waals surface area contributed by atoms with E-state index in [9.17, 15) is 4.79 Å². The number of nitrogens with zero attached hydrogens (tertiary/aromatic N) is 2. The van der Waals surface area contributed by atoms with Gasteiger partial charge in [-0.1, -0.05) is 23.8 Å². The second-order valence-electron chi connectivity index (χ2n) is 5.19. The molecule has 5 nitrogen and oxygen atoms in total. The molecule has 1 heterocycles. The van der Waals surface area contributed by atoms with Crippen LogP contribution in [0.4, 0.5) is 11.5 Å². The molecule has 0 aliphatic rings. The second-order valence-corrected chi connectivity index (χ2v) is 5.19. The molecule has 1 amide bonds. The summed E-state index contributed by atoms with van der Waals surface area (Å²) in [5, 5.41) is 5.96. The molecule has 1 aromatic heterocycles. The Kier molecular flexibility index (Phi) is 4.88. The molecular weight excluding hydrogens is 276 g/mol. The number of hydrogen-bond acceptors (Lipinski definition) is 4. The van der Waals surface area contributed by atoms with Crippen LogP contribution >= 0.6 is 0 Å². The van der Waals surface area contributed by atoms with Crippen LogP contribution in [0, 0.1) is 20.8 Å². The highest BCUT2D eigenvalue weighted by molar-refractivity contribution is 5.93. The Morgan fingerprint density at radius 3 is 2.50 bits per heavy atom. The third-order valence-corrected chi connectivity index (χ3v) is 3.24. The summed E-state index contributed by atoms with van der Waals surface area (Å²) in [7, 11) is 0. The lowest BCUT2D eigenvalue weighted by Crippen LogP contribution is -2.24. The van der Waals surface area contributed by atoms with Gasteiger partial charge in [-0.2, -0.15) is 0 Å². The lowest BCUT2D eigenvalue weighted by Gasteiger charge is -2.13. The fourth-order valence-corrected chi connectivity index (χ4v) is 2.31. The SMILES string of the molecule is C=CCNC(=O)c1cc(Nc2c(C)cc(C)cc2C)ncn1. The van der Waals surface area contributed by atoms with Gasteiger partial charge in [0, 0.05) is 18.3 Å². The molecule has 0 saturated heterocycles. The maximum atomic E-state index is 11.9. The Balaban J connectivity index is 2.24. The van der Waals surface area contributed by atoms with Gasteiger partial charge >= 0.3 is 0 Å². The van der Waals surface area contributed by atoms with E-state index in [1.807, 2.05) is 13.8 Å². The van der Waals surface area contributed by atoms with E-state index in [0.717, 1.165) is 16.8 Å². The third-order valence-electron chi connectivity index (χ3n) is 3.24. The number of nitrogens with one attached hydrogen (secondary N) is 2. The molecule has 2 N–H and O–H groups in total. The standard InChI is InChI=1S/C17H20N4O/c1-5-6-18-17(22)14-9-15(20-10-19-14)21-16-12(3)7-11(2)8-13(16)4/h5,7-10H,1,6H2,2-4H3,(H,18,22)(H,19,20,21). The topological polar surface area (TPSA) is 66.9 Å². The number of aryl methyl sites for hydroxylation is 3. The van der Waals surface area contributed by atoms with Crippen LogP contribution in [-0.4, -0.2) is 22.4 Å². The molecule has 5 heteroatoms. The van der Waals surface area contributed by atoms with Crippen molar-refractivity contribution < 1.29 is 4.79 Å². The fraction of sp³-hybridized carbons (Fsp3) is 0.235. The van der Waals surface area contributed by atoms with Crippen LogP contribution in [0.15, 0.2) is 37.2 Å². The summed E-state index contributed by atoms with van der Waals surface area (Å²) < 4.78 is 0. The van der Waals surface area contributed by atoms with Crippen molar-refractivity contribution in [3.8, 4) is 0 Å². The summed E-state index contributed by atoms with van der Waals surface area (Å²) >= 11 is 0. The van der Waals surface area contributed by atoms with Crippen molar-refractivity contribution >= 4 is 17.4 Å². The Bertz CT molecular complexity index is 687. The maximum Gasteiger partial charge on any atom is 0.270 e. The number of benzene rings is 1. The molecule has 2 rings (SSSR count). The van der Waals surface area contributed by atoms with Gasteiger partial charge in [-0.25, -0.2) is 9.97 Å². The zero-order valence-electron chi connectivity index (χ0n) is 13.1. The van der Waals surface area contributed by atoms with Crippen LogP contribution in [0.3, 0.4) is 0 Å². The van der Waals surface area contributed by atoms with Gasteiger partial charge in [0.15, 0.2) is 0 Å². The van der Waals surface area contributed by atoms with E-state index in [0.29, 0.717) is 18.1 Å². The predicted molar refractivity (Wildman–Crippen MR) is 88.5 cm³/mol. The Labute approximate surface area is 130 Å². The van der Waals surface area contributed by atoms with Gasteiger partial charge in [0.25, 0.3) is 5.91 Å². The lowest BCUT2D eigenvalue weighted by molar-refractivity contribution is 0.0953. The minimum absolute atomic E-state index is 0.247. The number of rotatable bonds is 5. The fourth-order valence-electron chi connectivity index (χ4n) is 2.31. The van der Waals surface area contributed by atoms with E-state index in [4.69, 9.17) is 0 Å². The highest BCUT2D eigenvalue weighted by atomic mass is 16.1. The van der Waals surface area contributed by atoms with Crippen LogP contribution in [0.1, 0.15) is 27.2 Å². The van der Waals surface area contributed by atoms with Gasteiger partial charge in [-0.05, 0) is 31.9 Å². The van der Waals surface area contributed by atoms with E-state index in [2.05, 4.69) is 46.2 Å². The number of amides is 1. The second kappa shape index (κ2) is 6.85. The first-order valence-corrected chi connectivity index (χ1v) is 7.07. The van der Waals surface area contributed by atoms with E-state index >= 15 is 0 Å². The molecule has 114 valence electrons. The van der Waals surface area contributed by atoms with E-state index in [1.54, 1.807) is 12.1 Å². The molecule has 0 radical (unpaired) electrons. The van der Waals surface area contributed by atoms with Crippen molar-refractivity contribution in [3.63, 3.8) is 0 Å². The zero-order valence-corrected chi connectivity index (χ0v) is 13.1. The van der Waals surface area contributed by atoms with E-state index in [-0.39, 0.29) is 5.91 Å². The summed E-state index contributed by atoms with van der Waals surface area (Å²) in [4.78, 5) is 20.1. The molecule has 0 bridgehead atoms. The Morgan fingerprint density at radius 2 is 1.86 bits per heavy atom. The van der Waals surface area contributed by atoms with Gasteiger partial charge in [0.2, 0.25) is 0 Å². The minimum atomic E-state index is -0.247. The smallest absolute Gasteiger partial charge is 0.270 e. The number of hydrogen-bond donors (Lipinski definition) is 2. The molecule has 0 saturated carbocycles. The number of carbonyl (C=O) groups excluding carboxylic acids is 1. The molecular formula is C17H20N4O. The number of carbonyl (C=O) groups is 1. The van der Waals surface area contributed by atoms with Crippen LogP contribution in [0.25, 0.3) is 0 Å². The summed E-state index contributed by atoms with van der Waals surface area (Å²) in [5.74, 6) is 0.344. The highest BCUT2D eigenvalue weighted by Crippen LogP contribution is 2.25. The average molecular weight is 296 g/mol. The van der Waals surface area contributed by atoms with Gasteiger partial charge in [0.1, 0.15) is 17.8 Å². The van der Waals surface area contributed by atoms with Crippen molar-refractivity contribution in [2.75, 3.05) is 11.9 Å². The monoisotopic (exact) mass is 296 g/mol. The quantitative estimate of drug-likeness (QED) is 0.832. The van der Waals surface area contributed by atoms with Crippen LogP contribution in [0.5, 0.6) is 0 Å². The Hall–Kier alpha value is -2.69. The molecule has 0 aliphatic heterocycles. The highest BCUT2D eigenvalue weighted by Gasteiger charge is 2.09. The molecule has 22 heavy (non-hydrogen) atoms. The maximum absolute atomic E-state index is 11.9. The van der Waals surface area contributed by atoms with Gasteiger partial charge < -0.3 is 10.6 Å². The van der Waals surface area contributed by atoms with Crippen LogP contribution in [-0.2, 0) is 0 Å². The van der Waals surface area contributed by atoms with Crippen molar-refractivity contribution in [3.05, 3.63) is 59.6 Å². The molecule has 0 unspecified atom stereocenters. The third kappa shape index (κ3) is 3.69. The number of anilines is 2. The van der Waals surface area contributed by atoms with E-state index in [1.165, 1.54) is 11.9 Å². The Morgan fingerprint density at radius 1 is 1.18 bits per heavy atom. The summed E-state index contributed by atoms with van der Waals surface area (Å²) in [6, 6.07) is 5.85. The zero-order chi connectivity index (χ0) is 16.1. The first kappa shape index (κ1) is 15.7. The average Bonchev–Trinajstić information content (AvgIpc) is 2.48. The normalized spacial score (nSPS) is 10.1. The molecule has 0 fully saturated rings. The molecule has 1 aromatic carbocycles. The van der Waals surface area contributed by atoms with Crippen molar-refractivity contribution in [1.29, 1.82) is 0 Å².